The van der Waals surface area contributed by atoms with Crippen LogP contribution in [0.15, 0.2) is 42.6 Å². The number of nitrogens with two attached hydrogens (primary N) is 1. The van der Waals surface area contributed by atoms with E-state index >= 15 is 0 Å². The van der Waals surface area contributed by atoms with Gasteiger partial charge in [-0.25, -0.2) is 9.37 Å². The zero-order chi connectivity index (χ0) is 13.0. The van der Waals surface area contributed by atoms with Crippen molar-refractivity contribution in [3.8, 4) is 0 Å². The van der Waals surface area contributed by atoms with E-state index in [1.54, 1.807) is 24.3 Å². The van der Waals surface area contributed by atoms with Gasteiger partial charge >= 0.3 is 0 Å². The molecule has 1 heterocycles. The predicted molar refractivity (Wildman–Crippen MR) is 66.2 cm³/mol. The van der Waals surface area contributed by atoms with Crippen LogP contribution in [0.5, 0.6) is 0 Å². The van der Waals surface area contributed by atoms with Gasteiger partial charge in [0.25, 0.3) is 5.91 Å². The van der Waals surface area contributed by atoms with E-state index < -0.39 is 0 Å². The molecule has 0 aliphatic carbocycles. The summed E-state index contributed by atoms with van der Waals surface area (Å²) in [5, 5.41) is 2.64. The molecule has 0 aliphatic heterocycles. The van der Waals surface area contributed by atoms with Crippen molar-refractivity contribution in [2.45, 2.75) is 6.54 Å². The molecular formula is C13H12FN3O. The van der Waals surface area contributed by atoms with Crippen molar-refractivity contribution in [1.29, 1.82) is 0 Å². The summed E-state index contributed by atoms with van der Waals surface area (Å²) in [4.78, 5) is 15.7. The van der Waals surface area contributed by atoms with E-state index in [2.05, 4.69) is 10.3 Å². The molecule has 1 aromatic carbocycles. The number of hydrogen-bond donors (Lipinski definition) is 2. The quantitative estimate of drug-likeness (QED) is 0.865. The van der Waals surface area contributed by atoms with E-state index in [1.165, 1.54) is 18.3 Å². The molecule has 2 aromatic rings. The van der Waals surface area contributed by atoms with E-state index in [0.29, 0.717) is 11.3 Å². The van der Waals surface area contributed by atoms with Crippen molar-refractivity contribution in [3.63, 3.8) is 0 Å². The Hall–Kier alpha value is -2.43. The maximum absolute atomic E-state index is 12.9. The highest BCUT2D eigenvalue weighted by Crippen LogP contribution is 2.07. The Kier molecular flexibility index (Phi) is 3.52. The number of pyridine rings is 1. The number of amides is 1. The van der Waals surface area contributed by atoms with Gasteiger partial charge < -0.3 is 11.1 Å². The van der Waals surface area contributed by atoms with Crippen molar-refractivity contribution >= 4 is 11.6 Å². The maximum atomic E-state index is 12.9. The Bertz CT molecular complexity index is 572. The Balaban J connectivity index is 2.03. The van der Waals surface area contributed by atoms with E-state index in [1.807, 2.05) is 0 Å². The van der Waals surface area contributed by atoms with Crippen LogP contribution in [-0.4, -0.2) is 10.9 Å². The average molecular weight is 245 g/mol. The molecule has 0 saturated carbocycles. The average Bonchev–Trinajstić information content (AvgIpc) is 2.37. The highest BCUT2D eigenvalue weighted by Gasteiger charge is 2.09. The number of nitrogens with one attached hydrogen (secondary N) is 1. The SMILES string of the molecule is Nc1cccnc1C(=O)NCc1cccc(F)c1. The van der Waals surface area contributed by atoms with Crippen molar-refractivity contribution in [2.24, 2.45) is 0 Å². The smallest absolute Gasteiger partial charge is 0.272 e. The van der Waals surface area contributed by atoms with Gasteiger partial charge in [0.05, 0.1) is 5.69 Å². The van der Waals surface area contributed by atoms with Gasteiger partial charge in [-0.2, -0.15) is 0 Å². The van der Waals surface area contributed by atoms with Crippen LogP contribution in [0.2, 0.25) is 0 Å². The molecule has 0 saturated heterocycles. The molecule has 1 amide bonds. The largest absolute Gasteiger partial charge is 0.397 e. The molecule has 0 bridgehead atoms. The van der Waals surface area contributed by atoms with Gasteiger partial charge in [0.1, 0.15) is 5.82 Å². The van der Waals surface area contributed by atoms with Crippen LogP contribution < -0.4 is 11.1 Å². The number of halogens is 1. The van der Waals surface area contributed by atoms with Crippen LogP contribution >= 0.6 is 0 Å². The third kappa shape index (κ3) is 2.82. The van der Waals surface area contributed by atoms with Gasteiger partial charge in [-0.15, -0.1) is 0 Å². The third-order valence-corrected chi connectivity index (χ3v) is 2.40. The van der Waals surface area contributed by atoms with Crippen LogP contribution in [0, 0.1) is 5.82 Å². The lowest BCUT2D eigenvalue weighted by atomic mass is 10.2. The number of anilines is 1. The van der Waals surface area contributed by atoms with Crippen LogP contribution in [0.3, 0.4) is 0 Å². The number of nitrogen functional groups attached to an aromatic ring is 1. The van der Waals surface area contributed by atoms with Gasteiger partial charge in [0, 0.05) is 12.7 Å². The molecule has 18 heavy (non-hydrogen) atoms. The topological polar surface area (TPSA) is 68.0 Å². The van der Waals surface area contributed by atoms with Crippen LogP contribution in [0.25, 0.3) is 0 Å². The summed E-state index contributed by atoms with van der Waals surface area (Å²) < 4.78 is 12.9. The third-order valence-electron chi connectivity index (χ3n) is 2.40. The monoisotopic (exact) mass is 245 g/mol. The molecule has 2 rings (SSSR count). The lowest BCUT2D eigenvalue weighted by Gasteiger charge is -2.06. The number of nitrogens with zero attached hydrogens (tertiary/aromatic N) is 1. The predicted octanol–water partition coefficient (Wildman–Crippen LogP) is 1.73. The van der Waals surface area contributed by atoms with E-state index in [-0.39, 0.29) is 24.0 Å². The fourth-order valence-electron chi connectivity index (χ4n) is 1.52. The molecule has 4 nitrogen and oxygen atoms in total. The number of benzene rings is 1. The first-order valence-electron chi connectivity index (χ1n) is 5.40. The first-order valence-corrected chi connectivity index (χ1v) is 5.40. The minimum Gasteiger partial charge on any atom is -0.397 e. The summed E-state index contributed by atoms with van der Waals surface area (Å²) in [6.07, 6.45) is 1.49. The molecule has 0 unspecified atom stereocenters. The second-order valence-corrected chi connectivity index (χ2v) is 3.75. The summed E-state index contributed by atoms with van der Waals surface area (Å²) in [5.41, 5.74) is 6.80. The standard InChI is InChI=1S/C13H12FN3O/c14-10-4-1-3-9(7-10)8-17-13(18)12-11(15)5-2-6-16-12/h1-7H,8,15H2,(H,17,18). The van der Waals surface area contributed by atoms with Crippen LogP contribution in [0.4, 0.5) is 10.1 Å². The first-order chi connectivity index (χ1) is 8.66. The number of hydrogen-bond acceptors (Lipinski definition) is 3. The molecule has 3 N–H and O–H groups in total. The summed E-state index contributed by atoms with van der Waals surface area (Å²) >= 11 is 0. The van der Waals surface area contributed by atoms with Gasteiger partial charge in [0.2, 0.25) is 0 Å². The highest BCUT2D eigenvalue weighted by atomic mass is 19.1. The van der Waals surface area contributed by atoms with Crippen molar-refractivity contribution < 1.29 is 9.18 Å². The lowest BCUT2D eigenvalue weighted by Crippen LogP contribution is -2.24. The molecule has 0 radical (unpaired) electrons. The van der Waals surface area contributed by atoms with Gasteiger partial charge in [-0.3, -0.25) is 4.79 Å². The second-order valence-electron chi connectivity index (χ2n) is 3.75. The first kappa shape index (κ1) is 12.0. The fraction of sp³-hybridized carbons (Fsp3) is 0.0769. The normalized spacial score (nSPS) is 10.1. The lowest BCUT2D eigenvalue weighted by molar-refractivity contribution is 0.0947. The maximum Gasteiger partial charge on any atom is 0.272 e. The summed E-state index contributed by atoms with van der Waals surface area (Å²) in [6.45, 7) is 0.229. The number of rotatable bonds is 3. The second kappa shape index (κ2) is 5.27. The Morgan fingerprint density at radius 3 is 2.89 bits per heavy atom. The summed E-state index contributed by atoms with van der Waals surface area (Å²) in [6, 6.07) is 9.28. The summed E-state index contributed by atoms with van der Waals surface area (Å²) in [5.74, 6) is -0.712. The van der Waals surface area contributed by atoms with Crippen molar-refractivity contribution in [1.82, 2.24) is 10.3 Å². The van der Waals surface area contributed by atoms with Gasteiger partial charge in [-0.05, 0) is 29.8 Å². The molecular weight excluding hydrogens is 233 g/mol. The Morgan fingerprint density at radius 2 is 2.17 bits per heavy atom. The number of carbonyl (C=O) groups excluding carboxylic acids is 1. The molecule has 1 aromatic heterocycles. The number of carbonyl (C=O) groups is 1. The van der Waals surface area contributed by atoms with Crippen molar-refractivity contribution in [3.05, 3.63) is 59.7 Å². The number of aromatic nitrogens is 1. The zero-order valence-corrected chi connectivity index (χ0v) is 9.56. The Morgan fingerprint density at radius 1 is 1.33 bits per heavy atom. The van der Waals surface area contributed by atoms with Crippen LogP contribution in [0.1, 0.15) is 16.1 Å². The van der Waals surface area contributed by atoms with E-state index in [4.69, 9.17) is 5.73 Å². The fourth-order valence-corrected chi connectivity index (χ4v) is 1.52. The highest BCUT2D eigenvalue weighted by molar-refractivity contribution is 5.96. The molecule has 0 spiro atoms. The summed E-state index contributed by atoms with van der Waals surface area (Å²) in [7, 11) is 0. The van der Waals surface area contributed by atoms with Gasteiger partial charge in [0.15, 0.2) is 5.69 Å². The van der Waals surface area contributed by atoms with Gasteiger partial charge in [-0.1, -0.05) is 12.1 Å². The molecule has 0 atom stereocenters. The van der Waals surface area contributed by atoms with E-state index in [9.17, 15) is 9.18 Å². The molecule has 0 aliphatic rings. The minimum atomic E-state index is -0.377. The van der Waals surface area contributed by atoms with Crippen molar-refractivity contribution in [2.75, 3.05) is 5.73 Å². The van der Waals surface area contributed by atoms with Crippen LogP contribution in [-0.2, 0) is 6.54 Å². The molecule has 5 heteroatoms. The van der Waals surface area contributed by atoms with E-state index in [0.717, 1.165) is 0 Å². The zero-order valence-electron chi connectivity index (χ0n) is 9.56. The molecule has 92 valence electrons. The Labute approximate surface area is 104 Å². The minimum absolute atomic E-state index is 0.175. The molecule has 0 fully saturated rings.